The maximum Gasteiger partial charge on any atom is 0.118 e. The van der Waals surface area contributed by atoms with Gasteiger partial charge in [-0.3, -0.25) is 0 Å². The highest BCUT2D eigenvalue weighted by Gasteiger charge is 2.22. The third-order valence-electron chi connectivity index (χ3n) is 3.92. The fourth-order valence-electron chi connectivity index (χ4n) is 2.43. The van der Waals surface area contributed by atoms with E-state index in [2.05, 4.69) is 35.5 Å². The van der Waals surface area contributed by atoms with Crippen molar-refractivity contribution in [2.24, 2.45) is 5.73 Å². The van der Waals surface area contributed by atoms with E-state index >= 15 is 0 Å². The second-order valence-electron chi connectivity index (χ2n) is 5.11. The Labute approximate surface area is 120 Å². The summed E-state index contributed by atoms with van der Waals surface area (Å²) < 4.78 is 7.39. The summed E-state index contributed by atoms with van der Waals surface area (Å²) in [5.74, 6) is 0.858. The molecule has 2 N–H and O–H groups in total. The molecule has 20 heavy (non-hydrogen) atoms. The number of aromatic nitrogens is 2. The van der Waals surface area contributed by atoms with Crippen LogP contribution in [0.5, 0.6) is 5.75 Å². The Morgan fingerprint density at radius 1 is 1.25 bits per heavy atom. The quantitative estimate of drug-likeness (QED) is 0.911. The molecule has 108 valence electrons. The molecule has 0 bridgehead atoms. The number of ether oxygens (including phenoxy) is 1. The van der Waals surface area contributed by atoms with Crippen molar-refractivity contribution in [1.29, 1.82) is 0 Å². The maximum absolute atomic E-state index is 6.35. The fraction of sp³-hybridized carbons (Fsp3) is 0.438. The lowest BCUT2D eigenvalue weighted by molar-refractivity contribution is 0.413. The standard InChI is InChI=1S/C16H23N3O/c1-5-15(17)16(19-10-18-11(2)12(19)3)13-6-8-14(20-4)9-7-13/h6-10,15-16H,5,17H2,1-4H3. The van der Waals surface area contributed by atoms with Gasteiger partial charge < -0.3 is 15.0 Å². The molecule has 0 aliphatic rings. The summed E-state index contributed by atoms with van der Waals surface area (Å²) in [5, 5.41) is 0. The summed E-state index contributed by atoms with van der Waals surface area (Å²) in [6.45, 7) is 6.22. The SMILES string of the molecule is CCC(N)C(c1ccc(OC)cc1)n1cnc(C)c1C. The minimum Gasteiger partial charge on any atom is -0.497 e. The zero-order chi connectivity index (χ0) is 14.7. The largest absolute Gasteiger partial charge is 0.497 e. The molecule has 0 radical (unpaired) electrons. The first-order chi connectivity index (χ1) is 9.58. The van der Waals surface area contributed by atoms with Gasteiger partial charge in [0.1, 0.15) is 5.75 Å². The summed E-state index contributed by atoms with van der Waals surface area (Å²) in [4.78, 5) is 4.40. The summed E-state index contributed by atoms with van der Waals surface area (Å²) in [6.07, 6.45) is 2.79. The van der Waals surface area contributed by atoms with Crippen molar-refractivity contribution in [3.05, 3.63) is 47.5 Å². The molecule has 2 unspecified atom stereocenters. The number of methoxy groups -OCH3 is 1. The lowest BCUT2D eigenvalue weighted by Gasteiger charge is -2.26. The lowest BCUT2D eigenvalue weighted by atomic mass is 9.97. The molecule has 2 aromatic rings. The highest BCUT2D eigenvalue weighted by Crippen LogP contribution is 2.27. The van der Waals surface area contributed by atoms with Crippen LogP contribution in [0.2, 0.25) is 0 Å². The van der Waals surface area contributed by atoms with Crippen molar-refractivity contribution in [2.75, 3.05) is 7.11 Å². The summed E-state index contributed by atoms with van der Waals surface area (Å²) >= 11 is 0. The average Bonchev–Trinajstić information content (AvgIpc) is 2.80. The summed E-state index contributed by atoms with van der Waals surface area (Å²) in [7, 11) is 1.67. The Bertz CT molecular complexity index is 560. The van der Waals surface area contributed by atoms with Crippen molar-refractivity contribution in [1.82, 2.24) is 9.55 Å². The Morgan fingerprint density at radius 2 is 1.90 bits per heavy atom. The number of nitrogens with two attached hydrogens (primary N) is 1. The lowest BCUT2D eigenvalue weighted by Crippen LogP contribution is -2.32. The molecule has 1 aromatic heterocycles. The molecular formula is C16H23N3O. The van der Waals surface area contributed by atoms with Gasteiger partial charge in [-0.2, -0.15) is 0 Å². The van der Waals surface area contributed by atoms with E-state index in [9.17, 15) is 0 Å². The Hall–Kier alpha value is -1.81. The van der Waals surface area contributed by atoms with E-state index in [0.29, 0.717) is 0 Å². The van der Waals surface area contributed by atoms with Gasteiger partial charge in [-0.25, -0.2) is 4.98 Å². The van der Waals surface area contributed by atoms with Gasteiger partial charge in [0.15, 0.2) is 0 Å². The molecule has 4 nitrogen and oxygen atoms in total. The first kappa shape index (κ1) is 14.6. The fourth-order valence-corrected chi connectivity index (χ4v) is 2.43. The predicted molar refractivity (Wildman–Crippen MR) is 81.1 cm³/mol. The second kappa shape index (κ2) is 6.09. The van der Waals surface area contributed by atoms with E-state index < -0.39 is 0 Å². The van der Waals surface area contributed by atoms with E-state index in [1.165, 1.54) is 5.56 Å². The van der Waals surface area contributed by atoms with Crippen molar-refractivity contribution in [2.45, 2.75) is 39.3 Å². The minimum atomic E-state index is 0.0516. The zero-order valence-corrected chi connectivity index (χ0v) is 12.6. The van der Waals surface area contributed by atoms with Crippen LogP contribution < -0.4 is 10.5 Å². The van der Waals surface area contributed by atoms with Gasteiger partial charge in [0, 0.05) is 11.7 Å². The van der Waals surface area contributed by atoms with Gasteiger partial charge in [-0.05, 0) is 38.0 Å². The minimum absolute atomic E-state index is 0.0516. The van der Waals surface area contributed by atoms with E-state index in [1.807, 2.05) is 25.4 Å². The molecule has 0 fully saturated rings. The summed E-state index contributed by atoms with van der Waals surface area (Å²) in [5.41, 5.74) is 9.74. The van der Waals surface area contributed by atoms with E-state index in [-0.39, 0.29) is 12.1 Å². The molecular weight excluding hydrogens is 250 g/mol. The number of rotatable bonds is 5. The molecule has 2 rings (SSSR count). The van der Waals surface area contributed by atoms with Crippen molar-refractivity contribution in [3.8, 4) is 5.75 Å². The molecule has 0 aliphatic carbocycles. The van der Waals surface area contributed by atoms with Crippen LogP contribution in [0, 0.1) is 13.8 Å². The third-order valence-corrected chi connectivity index (χ3v) is 3.92. The van der Waals surface area contributed by atoms with Gasteiger partial charge >= 0.3 is 0 Å². The molecule has 1 heterocycles. The van der Waals surface area contributed by atoms with Gasteiger partial charge in [-0.15, -0.1) is 0 Å². The van der Waals surface area contributed by atoms with Crippen LogP contribution in [0.15, 0.2) is 30.6 Å². The summed E-state index contributed by atoms with van der Waals surface area (Å²) in [6, 6.07) is 8.26. The normalized spacial score (nSPS) is 14.1. The van der Waals surface area contributed by atoms with Crippen LogP contribution in [0.3, 0.4) is 0 Å². The van der Waals surface area contributed by atoms with Crippen molar-refractivity contribution in [3.63, 3.8) is 0 Å². The molecule has 0 amide bonds. The maximum atomic E-state index is 6.35. The van der Waals surface area contributed by atoms with Crippen LogP contribution in [-0.4, -0.2) is 22.7 Å². The number of nitrogens with zero attached hydrogens (tertiary/aromatic N) is 2. The number of imidazole rings is 1. The Kier molecular flexibility index (Phi) is 4.45. The van der Waals surface area contributed by atoms with Gasteiger partial charge in [0.25, 0.3) is 0 Å². The average molecular weight is 273 g/mol. The Morgan fingerprint density at radius 3 is 2.35 bits per heavy atom. The monoisotopic (exact) mass is 273 g/mol. The first-order valence-corrected chi connectivity index (χ1v) is 6.98. The van der Waals surface area contributed by atoms with Crippen LogP contribution in [0.4, 0.5) is 0 Å². The van der Waals surface area contributed by atoms with E-state index in [4.69, 9.17) is 10.5 Å². The number of aryl methyl sites for hydroxylation is 1. The van der Waals surface area contributed by atoms with Crippen LogP contribution >= 0.6 is 0 Å². The van der Waals surface area contributed by atoms with Gasteiger partial charge in [0.2, 0.25) is 0 Å². The number of benzene rings is 1. The molecule has 0 spiro atoms. The van der Waals surface area contributed by atoms with E-state index in [1.54, 1.807) is 7.11 Å². The van der Waals surface area contributed by atoms with Gasteiger partial charge in [0.05, 0.1) is 25.2 Å². The Balaban J connectivity index is 2.44. The topological polar surface area (TPSA) is 53.1 Å². The molecule has 2 atom stereocenters. The highest BCUT2D eigenvalue weighted by molar-refractivity contribution is 5.31. The van der Waals surface area contributed by atoms with E-state index in [0.717, 1.165) is 23.6 Å². The second-order valence-corrected chi connectivity index (χ2v) is 5.11. The van der Waals surface area contributed by atoms with Crippen LogP contribution in [-0.2, 0) is 0 Å². The molecule has 0 saturated carbocycles. The number of hydrogen-bond acceptors (Lipinski definition) is 3. The van der Waals surface area contributed by atoms with Crippen LogP contribution in [0.1, 0.15) is 36.3 Å². The molecule has 1 aromatic carbocycles. The number of hydrogen-bond donors (Lipinski definition) is 1. The third kappa shape index (κ3) is 2.70. The first-order valence-electron chi connectivity index (χ1n) is 6.98. The van der Waals surface area contributed by atoms with Gasteiger partial charge in [-0.1, -0.05) is 19.1 Å². The molecule has 4 heteroatoms. The predicted octanol–water partition coefficient (Wildman–Crippen LogP) is 2.84. The zero-order valence-electron chi connectivity index (χ0n) is 12.6. The molecule has 0 aliphatic heterocycles. The van der Waals surface area contributed by atoms with Crippen LogP contribution in [0.25, 0.3) is 0 Å². The highest BCUT2D eigenvalue weighted by atomic mass is 16.5. The smallest absolute Gasteiger partial charge is 0.118 e. The van der Waals surface area contributed by atoms with Crippen molar-refractivity contribution < 1.29 is 4.74 Å². The van der Waals surface area contributed by atoms with Crippen molar-refractivity contribution >= 4 is 0 Å². The molecule has 0 saturated heterocycles.